The van der Waals surface area contributed by atoms with Crippen LogP contribution in [0.15, 0.2) is 60.7 Å². The lowest BCUT2D eigenvalue weighted by Gasteiger charge is -2.20. The molecule has 2 aromatic rings. The number of rotatable bonds is 7. The van der Waals surface area contributed by atoms with Crippen LogP contribution in [0, 0.1) is 0 Å². The first-order valence-electron chi connectivity index (χ1n) is 7.69. The molecule has 3 heteroatoms. The number of carbonyl (C=O) groups is 1. The van der Waals surface area contributed by atoms with Crippen molar-refractivity contribution >= 4 is 5.91 Å². The van der Waals surface area contributed by atoms with Gasteiger partial charge >= 0.3 is 0 Å². The molecule has 0 saturated carbocycles. The molecule has 3 nitrogen and oxygen atoms in total. The van der Waals surface area contributed by atoms with Gasteiger partial charge in [-0.15, -0.1) is 0 Å². The topological polar surface area (TPSA) is 38.3 Å². The Morgan fingerprint density at radius 1 is 1.00 bits per heavy atom. The minimum Gasteiger partial charge on any atom is -0.361 e. The van der Waals surface area contributed by atoms with Gasteiger partial charge in [0.05, 0.1) is 6.10 Å². The van der Waals surface area contributed by atoms with Crippen LogP contribution in [0.3, 0.4) is 0 Å². The van der Waals surface area contributed by atoms with Crippen molar-refractivity contribution in [1.82, 2.24) is 5.32 Å². The largest absolute Gasteiger partial charge is 0.361 e. The SMILES string of the molecule is CC(C)OC(C(=O)NCCc1ccccc1)c1ccccc1. The fraction of sp³-hybridized carbons (Fsp3) is 0.316. The van der Waals surface area contributed by atoms with E-state index in [-0.39, 0.29) is 12.0 Å². The average molecular weight is 297 g/mol. The Bertz CT molecular complexity index is 567. The molecule has 22 heavy (non-hydrogen) atoms. The summed E-state index contributed by atoms with van der Waals surface area (Å²) >= 11 is 0. The number of amides is 1. The Morgan fingerprint density at radius 2 is 1.59 bits per heavy atom. The normalized spacial score (nSPS) is 12.1. The summed E-state index contributed by atoms with van der Waals surface area (Å²) in [6.45, 7) is 4.48. The van der Waals surface area contributed by atoms with E-state index in [9.17, 15) is 4.79 Å². The molecule has 0 spiro atoms. The summed E-state index contributed by atoms with van der Waals surface area (Å²) in [5, 5.41) is 2.97. The fourth-order valence-electron chi connectivity index (χ4n) is 2.26. The van der Waals surface area contributed by atoms with Crippen LogP contribution in [0.2, 0.25) is 0 Å². The second-order valence-corrected chi connectivity index (χ2v) is 5.50. The first-order chi connectivity index (χ1) is 10.7. The van der Waals surface area contributed by atoms with Gasteiger partial charge in [0.1, 0.15) is 0 Å². The first kappa shape index (κ1) is 16.2. The third-order valence-corrected chi connectivity index (χ3v) is 3.30. The zero-order valence-corrected chi connectivity index (χ0v) is 13.2. The highest BCUT2D eigenvalue weighted by Gasteiger charge is 2.21. The van der Waals surface area contributed by atoms with E-state index in [4.69, 9.17) is 4.74 Å². The third kappa shape index (κ3) is 5.01. The molecule has 1 atom stereocenters. The van der Waals surface area contributed by atoms with Crippen molar-refractivity contribution in [3.8, 4) is 0 Å². The van der Waals surface area contributed by atoms with Gasteiger partial charge in [-0.05, 0) is 31.4 Å². The summed E-state index contributed by atoms with van der Waals surface area (Å²) in [5.74, 6) is -0.0872. The van der Waals surface area contributed by atoms with E-state index < -0.39 is 6.10 Å². The molecule has 2 rings (SSSR count). The van der Waals surface area contributed by atoms with Crippen molar-refractivity contribution in [2.45, 2.75) is 32.5 Å². The molecule has 0 aliphatic carbocycles. The number of benzene rings is 2. The minimum absolute atomic E-state index is 0.00919. The number of ether oxygens (including phenoxy) is 1. The maximum Gasteiger partial charge on any atom is 0.253 e. The van der Waals surface area contributed by atoms with Crippen LogP contribution in [0.1, 0.15) is 31.1 Å². The van der Waals surface area contributed by atoms with Gasteiger partial charge in [0.2, 0.25) is 0 Å². The van der Waals surface area contributed by atoms with Crippen LogP contribution in [0.5, 0.6) is 0 Å². The molecule has 0 aromatic heterocycles. The number of hydrogen-bond acceptors (Lipinski definition) is 2. The molecule has 0 aliphatic rings. The second-order valence-electron chi connectivity index (χ2n) is 5.50. The summed E-state index contributed by atoms with van der Waals surface area (Å²) < 4.78 is 5.79. The lowest BCUT2D eigenvalue weighted by Crippen LogP contribution is -2.33. The summed E-state index contributed by atoms with van der Waals surface area (Å²) in [6, 6.07) is 19.7. The zero-order chi connectivity index (χ0) is 15.8. The summed E-state index contributed by atoms with van der Waals surface area (Å²) in [7, 11) is 0. The second kappa shape index (κ2) is 8.35. The van der Waals surface area contributed by atoms with Crippen LogP contribution in [-0.4, -0.2) is 18.6 Å². The van der Waals surface area contributed by atoms with Gasteiger partial charge in [-0.1, -0.05) is 60.7 Å². The third-order valence-electron chi connectivity index (χ3n) is 3.30. The Morgan fingerprint density at radius 3 is 2.18 bits per heavy atom. The molecule has 0 heterocycles. The zero-order valence-electron chi connectivity index (χ0n) is 13.2. The highest BCUT2D eigenvalue weighted by molar-refractivity contribution is 5.82. The minimum atomic E-state index is -0.558. The van der Waals surface area contributed by atoms with E-state index in [1.165, 1.54) is 5.56 Å². The molecule has 0 fully saturated rings. The van der Waals surface area contributed by atoms with Crippen molar-refractivity contribution in [2.24, 2.45) is 0 Å². The number of hydrogen-bond donors (Lipinski definition) is 1. The summed E-state index contributed by atoms with van der Waals surface area (Å²) in [5.41, 5.74) is 2.09. The molecule has 1 N–H and O–H groups in total. The van der Waals surface area contributed by atoms with Crippen LogP contribution in [0.4, 0.5) is 0 Å². The van der Waals surface area contributed by atoms with Crippen LogP contribution < -0.4 is 5.32 Å². The van der Waals surface area contributed by atoms with E-state index >= 15 is 0 Å². The lowest BCUT2D eigenvalue weighted by atomic mass is 10.1. The molecular formula is C19H23NO2. The molecule has 2 aromatic carbocycles. The Hall–Kier alpha value is -2.13. The number of carbonyl (C=O) groups excluding carboxylic acids is 1. The van der Waals surface area contributed by atoms with Gasteiger partial charge in [-0.25, -0.2) is 0 Å². The van der Waals surface area contributed by atoms with Gasteiger partial charge in [0.15, 0.2) is 6.10 Å². The molecule has 0 saturated heterocycles. The van der Waals surface area contributed by atoms with E-state index in [0.717, 1.165) is 12.0 Å². The molecule has 0 aliphatic heterocycles. The Balaban J connectivity index is 1.94. The molecule has 0 radical (unpaired) electrons. The lowest BCUT2D eigenvalue weighted by molar-refractivity contribution is -0.136. The van der Waals surface area contributed by atoms with Gasteiger partial charge < -0.3 is 10.1 Å². The Labute approximate surface area is 132 Å². The summed E-state index contributed by atoms with van der Waals surface area (Å²) in [6.07, 6.45) is 0.248. The average Bonchev–Trinajstić information content (AvgIpc) is 2.54. The van der Waals surface area contributed by atoms with Crippen molar-refractivity contribution in [3.05, 3.63) is 71.8 Å². The van der Waals surface area contributed by atoms with E-state index in [2.05, 4.69) is 17.4 Å². The maximum absolute atomic E-state index is 12.4. The van der Waals surface area contributed by atoms with Crippen molar-refractivity contribution in [2.75, 3.05) is 6.54 Å². The predicted octanol–water partition coefficient (Wildman–Crippen LogP) is 3.51. The number of nitrogens with one attached hydrogen (secondary N) is 1. The van der Waals surface area contributed by atoms with E-state index in [0.29, 0.717) is 6.54 Å². The maximum atomic E-state index is 12.4. The summed E-state index contributed by atoms with van der Waals surface area (Å²) in [4.78, 5) is 12.4. The van der Waals surface area contributed by atoms with Crippen molar-refractivity contribution < 1.29 is 9.53 Å². The van der Waals surface area contributed by atoms with Crippen LogP contribution >= 0.6 is 0 Å². The van der Waals surface area contributed by atoms with Crippen LogP contribution in [0.25, 0.3) is 0 Å². The molecule has 1 unspecified atom stereocenters. The van der Waals surface area contributed by atoms with Crippen molar-refractivity contribution in [1.29, 1.82) is 0 Å². The van der Waals surface area contributed by atoms with Crippen molar-refractivity contribution in [3.63, 3.8) is 0 Å². The monoisotopic (exact) mass is 297 g/mol. The standard InChI is InChI=1S/C19H23NO2/c1-15(2)22-18(17-11-7-4-8-12-17)19(21)20-14-13-16-9-5-3-6-10-16/h3-12,15,18H,13-14H2,1-2H3,(H,20,21). The highest BCUT2D eigenvalue weighted by Crippen LogP contribution is 2.19. The Kier molecular flexibility index (Phi) is 6.16. The smallest absolute Gasteiger partial charge is 0.253 e. The quantitative estimate of drug-likeness (QED) is 0.849. The van der Waals surface area contributed by atoms with Gasteiger partial charge in [-0.3, -0.25) is 4.79 Å². The molecule has 116 valence electrons. The van der Waals surface area contributed by atoms with E-state index in [1.54, 1.807) is 0 Å². The van der Waals surface area contributed by atoms with E-state index in [1.807, 2.05) is 62.4 Å². The first-order valence-corrected chi connectivity index (χ1v) is 7.69. The molecular weight excluding hydrogens is 274 g/mol. The van der Waals surface area contributed by atoms with Gasteiger partial charge in [-0.2, -0.15) is 0 Å². The molecule has 1 amide bonds. The highest BCUT2D eigenvalue weighted by atomic mass is 16.5. The van der Waals surface area contributed by atoms with Gasteiger partial charge in [0.25, 0.3) is 5.91 Å². The predicted molar refractivity (Wildman–Crippen MR) is 88.6 cm³/mol. The van der Waals surface area contributed by atoms with Gasteiger partial charge in [0, 0.05) is 6.54 Å². The fourth-order valence-corrected chi connectivity index (χ4v) is 2.26. The molecule has 0 bridgehead atoms. The van der Waals surface area contributed by atoms with Crippen LogP contribution in [-0.2, 0) is 16.0 Å².